The first-order valence-corrected chi connectivity index (χ1v) is 15.9. The average Bonchev–Trinajstić information content (AvgIpc) is 3.59. The lowest BCUT2D eigenvalue weighted by molar-refractivity contribution is 0.0389. The van der Waals surface area contributed by atoms with Gasteiger partial charge in [0.2, 0.25) is 0 Å². The summed E-state index contributed by atoms with van der Waals surface area (Å²) in [6.45, 7) is 3.33. The number of aromatic nitrogens is 2. The van der Waals surface area contributed by atoms with Crippen molar-refractivity contribution in [1.29, 1.82) is 0 Å². The number of rotatable bonds is 9. The summed E-state index contributed by atoms with van der Waals surface area (Å²) in [7, 11) is -4.86. The molecule has 1 aromatic carbocycles. The topological polar surface area (TPSA) is 151 Å². The maximum absolute atomic E-state index is 13.6. The number of amides is 1. The zero-order valence-corrected chi connectivity index (χ0v) is 24.3. The Morgan fingerprint density at radius 2 is 2.00 bits per heavy atom. The summed E-state index contributed by atoms with van der Waals surface area (Å²) in [4.78, 5) is 19.0. The Labute approximate surface area is 231 Å². The predicted molar refractivity (Wildman–Crippen MR) is 146 cm³/mol. The normalized spacial score (nSPS) is 19.2. The fraction of sp³-hybridized carbons (Fsp3) is 0.417. The van der Waals surface area contributed by atoms with Crippen LogP contribution in [0.3, 0.4) is 0 Å². The number of nitrogens with one attached hydrogen (secondary N) is 1. The number of hydrogen-bond donors (Lipinski definition) is 2. The standard InChI is InChI=1S/C24H31N5O7S3/c1-16-11-29(17(2)14-30)24(31)18-7-5-8-19(26-38(32,33)21-13-27(3)15-25-21)23(18)36-20(16)12-28(4)39(34,35)22-9-6-10-37-22/h5-10,13,15-17,20,26,30H,11-12,14H2,1-4H3/t16-,17-,20+/m1/s1. The van der Waals surface area contributed by atoms with E-state index in [0.29, 0.717) is 0 Å². The van der Waals surface area contributed by atoms with E-state index in [-0.39, 0.29) is 45.9 Å². The third-order valence-corrected chi connectivity index (χ3v) is 10.9. The molecular weight excluding hydrogens is 566 g/mol. The predicted octanol–water partition coefficient (Wildman–Crippen LogP) is 1.82. The fourth-order valence-electron chi connectivity index (χ4n) is 4.18. The van der Waals surface area contributed by atoms with E-state index in [4.69, 9.17) is 4.74 Å². The molecule has 3 heterocycles. The minimum Gasteiger partial charge on any atom is -0.486 e. The zero-order chi connectivity index (χ0) is 28.5. The minimum absolute atomic E-state index is 0.00553. The van der Waals surface area contributed by atoms with E-state index in [1.54, 1.807) is 25.4 Å². The van der Waals surface area contributed by atoms with Crippen molar-refractivity contribution in [2.24, 2.45) is 13.0 Å². The van der Waals surface area contributed by atoms with Crippen LogP contribution in [0.2, 0.25) is 0 Å². The van der Waals surface area contributed by atoms with Crippen molar-refractivity contribution in [2.75, 3.05) is 31.5 Å². The number of likely N-dealkylation sites (N-methyl/N-ethyl adjacent to an activating group) is 1. The number of sulfonamides is 2. The van der Waals surface area contributed by atoms with Crippen LogP contribution >= 0.6 is 11.3 Å². The summed E-state index contributed by atoms with van der Waals surface area (Å²) in [5.41, 5.74) is 0.0863. The number of imidazole rings is 1. The highest BCUT2D eigenvalue weighted by molar-refractivity contribution is 7.92. The van der Waals surface area contributed by atoms with E-state index >= 15 is 0 Å². The van der Waals surface area contributed by atoms with Gasteiger partial charge in [0.25, 0.3) is 26.0 Å². The Hall–Kier alpha value is -2.98. The number of hydrogen-bond acceptors (Lipinski definition) is 9. The summed E-state index contributed by atoms with van der Waals surface area (Å²) >= 11 is 1.10. The highest BCUT2D eigenvalue weighted by Crippen LogP contribution is 2.36. The van der Waals surface area contributed by atoms with Crippen LogP contribution in [0.4, 0.5) is 5.69 Å². The van der Waals surface area contributed by atoms with E-state index in [2.05, 4.69) is 9.71 Å². The SMILES string of the molecule is C[C@@H]1CN([C@H](C)CO)C(=O)c2cccc(NS(=O)(=O)c3cn(C)cn3)c2O[C@H]1CN(C)S(=O)(=O)c1cccs1. The number of ether oxygens (including phenoxy) is 1. The number of thiophene rings is 1. The van der Waals surface area contributed by atoms with Gasteiger partial charge in [0.1, 0.15) is 10.3 Å². The van der Waals surface area contributed by atoms with Gasteiger partial charge < -0.3 is 19.3 Å². The molecule has 39 heavy (non-hydrogen) atoms. The molecule has 2 N–H and O–H groups in total. The molecule has 3 atom stereocenters. The molecule has 1 aliphatic rings. The van der Waals surface area contributed by atoms with Crippen molar-refractivity contribution < 1.29 is 31.5 Å². The maximum Gasteiger partial charge on any atom is 0.281 e. The quantitative estimate of drug-likeness (QED) is 0.379. The van der Waals surface area contributed by atoms with Gasteiger partial charge in [-0.15, -0.1) is 11.3 Å². The second-order valence-electron chi connectivity index (χ2n) is 9.51. The third kappa shape index (κ3) is 5.96. The summed E-state index contributed by atoms with van der Waals surface area (Å²) in [6.07, 6.45) is 1.91. The maximum atomic E-state index is 13.6. The molecule has 0 spiro atoms. The molecule has 1 aliphatic heterocycles. The zero-order valence-electron chi connectivity index (χ0n) is 21.9. The van der Waals surface area contributed by atoms with Gasteiger partial charge in [-0.3, -0.25) is 9.52 Å². The Kier molecular flexibility index (Phi) is 8.37. The van der Waals surface area contributed by atoms with E-state index in [1.165, 1.54) is 57.6 Å². The number of nitrogens with zero attached hydrogens (tertiary/aromatic N) is 4. The first-order chi connectivity index (χ1) is 18.3. The molecule has 0 fully saturated rings. The Morgan fingerprint density at radius 3 is 2.62 bits per heavy atom. The molecule has 12 nitrogen and oxygen atoms in total. The molecule has 0 unspecified atom stereocenters. The van der Waals surface area contributed by atoms with Crippen molar-refractivity contribution in [1.82, 2.24) is 18.8 Å². The van der Waals surface area contributed by atoms with Gasteiger partial charge in [0, 0.05) is 32.8 Å². The second kappa shape index (κ2) is 11.3. The van der Waals surface area contributed by atoms with Crippen molar-refractivity contribution in [3.8, 4) is 5.75 Å². The Morgan fingerprint density at radius 1 is 1.26 bits per heavy atom. The van der Waals surface area contributed by atoms with Gasteiger partial charge >= 0.3 is 0 Å². The van der Waals surface area contributed by atoms with Gasteiger partial charge in [-0.05, 0) is 30.5 Å². The average molecular weight is 598 g/mol. The number of anilines is 1. The molecule has 0 aliphatic carbocycles. The summed E-state index contributed by atoms with van der Waals surface area (Å²) < 4.78 is 64.1. The van der Waals surface area contributed by atoms with Gasteiger partial charge in [0.15, 0.2) is 10.8 Å². The molecule has 4 rings (SSSR count). The van der Waals surface area contributed by atoms with Crippen molar-refractivity contribution in [3.63, 3.8) is 0 Å². The van der Waals surface area contributed by atoms with Gasteiger partial charge in [-0.1, -0.05) is 19.1 Å². The van der Waals surface area contributed by atoms with E-state index in [0.717, 1.165) is 11.3 Å². The monoisotopic (exact) mass is 597 g/mol. The molecule has 0 saturated carbocycles. The number of benzene rings is 1. The lowest BCUT2D eigenvalue weighted by Crippen LogP contribution is -2.50. The molecule has 1 amide bonds. The van der Waals surface area contributed by atoms with Crippen molar-refractivity contribution in [2.45, 2.75) is 35.2 Å². The molecule has 212 valence electrons. The first kappa shape index (κ1) is 29.0. The van der Waals surface area contributed by atoms with E-state index < -0.39 is 44.0 Å². The smallest absolute Gasteiger partial charge is 0.281 e. The van der Waals surface area contributed by atoms with Gasteiger partial charge in [-0.25, -0.2) is 13.4 Å². The number of carbonyl (C=O) groups excluding carboxylic acids is 1. The van der Waals surface area contributed by atoms with Crippen LogP contribution in [0.15, 0.2) is 57.5 Å². The highest BCUT2D eigenvalue weighted by Gasteiger charge is 2.36. The minimum atomic E-state index is -4.14. The third-order valence-electron chi connectivity index (χ3n) is 6.49. The van der Waals surface area contributed by atoms with Crippen LogP contribution in [-0.4, -0.2) is 85.5 Å². The van der Waals surface area contributed by atoms with Crippen LogP contribution in [0.5, 0.6) is 5.75 Å². The number of para-hydroxylation sites is 1. The van der Waals surface area contributed by atoms with Crippen LogP contribution < -0.4 is 9.46 Å². The number of aryl methyl sites for hydroxylation is 1. The van der Waals surface area contributed by atoms with Crippen LogP contribution in [-0.2, 0) is 27.1 Å². The molecule has 0 saturated heterocycles. The summed E-state index contributed by atoms with van der Waals surface area (Å²) in [5, 5.41) is 11.3. The van der Waals surface area contributed by atoms with E-state index in [9.17, 15) is 26.7 Å². The Balaban J connectivity index is 1.76. The largest absolute Gasteiger partial charge is 0.486 e. The molecule has 0 radical (unpaired) electrons. The molecule has 3 aromatic rings. The lowest BCUT2D eigenvalue weighted by atomic mass is 9.99. The van der Waals surface area contributed by atoms with Crippen LogP contribution in [0, 0.1) is 5.92 Å². The summed E-state index contributed by atoms with van der Waals surface area (Å²) in [6, 6.07) is 7.10. The number of fused-ring (bicyclic) bond motifs is 1. The van der Waals surface area contributed by atoms with Gasteiger partial charge in [-0.2, -0.15) is 12.7 Å². The van der Waals surface area contributed by atoms with Gasteiger partial charge in [0.05, 0.1) is 36.8 Å². The number of aliphatic hydroxyl groups excluding tert-OH is 1. The molecular formula is C24H31N5O7S3. The molecule has 2 aromatic heterocycles. The van der Waals surface area contributed by atoms with Crippen molar-refractivity contribution in [3.05, 3.63) is 53.8 Å². The Bertz CT molecular complexity index is 1540. The number of aliphatic hydroxyl groups is 1. The number of carbonyl (C=O) groups is 1. The van der Waals surface area contributed by atoms with Crippen LogP contribution in [0.1, 0.15) is 24.2 Å². The van der Waals surface area contributed by atoms with Crippen LogP contribution in [0.25, 0.3) is 0 Å². The first-order valence-electron chi connectivity index (χ1n) is 12.1. The lowest BCUT2D eigenvalue weighted by Gasteiger charge is -2.38. The second-order valence-corrected chi connectivity index (χ2v) is 14.4. The summed E-state index contributed by atoms with van der Waals surface area (Å²) in [5.74, 6) is -0.872. The molecule has 0 bridgehead atoms. The van der Waals surface area contributed by atoms with Crippen molar-refractivity contribution >= 4 is 43.0 Å². The molecule has 15 heteroatoms. The fourth-order valence-corrected chi connectivity index (χ4v) is 7.61. The highest BCUT2D eigenvalue weighted by atomic mass is 32.2. The van der Waals surface area contributed by atoms with E-state index in [1.807, 2.05) is 6.92 Å².